The average Bonchev–Trinajstić information content (AvgIpc) is 2.85. The van der Waals surface area contributed by atoms with Crippen LogP contribution >= 0.6 is 11.3 Å². The van der Waals surface area contributed by atoms with E-state index in [9.17, 15) is 0 Å². The molecule has 0 fully saturated rings. The molecule has 0 saturated carbocycles. The van der Waals surface area contributed by atoms with Gasteiger partial charge in [-0.3, -0.25) is 4.98 Å². The first-order valence-electron chi connectivity index (χ1n) is 5.86. The Morgan fingerprint density at radius 1 is 1.35 bits per heavy atom. The minimum Gasteiger partial charge on any atom is -0.305 e. The molecule has 0 aliphatic carbocycles. The molecular formula is C13H17N3S. The van der Waals surface area contributed by atoms with Crippen molar-refractivity contribution in [2.75, 3.05) is 0 Å². The van der Waals surface area contributed by atoms with Crippen LogP contribution in [0, 0.1) is 0 Å². The number of nitrogens with one attached hydrogen (secondary N) is 1. The summed E-state index contributed by atoms with van der Waals surface area (Å²) in [6.07, 6.45) is 4.67. The molecule has 4 heteroatoms. The highest BCUT2D eigenvalue weighted by atomic mass is 32.1. The first kappa shape index (κ1) is 12.2. The van der Waals surface area contributed by atoms with Crippen LogP contribution in [0.1, 0.15) is 36.2 Å². The molecule has 2 heterocycles. The van der Waals surface area contributed by atoms with Crippen molar-refractivity contribution in [1.82, 2.24) is 15.3 Å². The van der Waals surface area contributed by atoms with E-state index >= 15 is 0 Å². The number of pyridine rings is 1. The van der Waals surface area contributed by atoms with Crippen LogP contribution in [0.5, 0.6) is 0 Å². The number of rotatable bonds is 5. The third kappa shape index (κ3) is 3.35. The highest BCUT2D eigenvalue weighted by Crippen LogP contribution is 2.13. The molecule has 1 atom stereocenters. The summed E-state index contributed by atoms with van der Waals surface area (Å²) in [5.74, 6) is 0. The molecule has 1 N–H and O–H groups in total. The van der Waals surface area contributed by atoms with Gasteiger partial charge in [-0.2, -0.15) is 0 Å². The Balaban J connectivity index is 1.90. The first-order valence-corrected chi connectivity index (χ1v) is 6.74. The minimum absolute atomic E-state index is 0.324. The molecule has 0 spiro atoms. The van der Waals surface area contributed by atoms with Crippen LogP contribution in [0.2, 0.25) is 0 Å². The summed E-state index contributed by atoms with van der Waals surface area (Å²) in [7, 11) is 0. The monoisotopic (exact) mass is 247 g/mol. The van der Waals surface area contributed by atoms with E-state index in [1.165, 1.54) is 10.6 Å². The Labute approximate surface area is 106 Å². The number of aryl methyl sites for hydroxylation is 1. The molecule has 0 saturated heterocycles. The van der Waals surface area contributed by atoms with E-state index in [2.05, 4.69) is 34.5 Å². The van der Waals surface area contributed by atoms with E-state index in [0.29, 0.717) is 6.04 Å². The van der Waals surface area contributed by atoms with E-state index in [-0.39, 0.29) is 0 Å². The van der Waals surface area contributed by atoms with Crippen molar-refractivity contribution in [2.24, 2.45) is 0 Å². The largest absolute Gasteiger partial charge is 0.305 e. The van der Waals surface area contributed by atoms with Gasteiger partial charge in [0, 0.05) is 30.4 Å². The Kier molecular flexibility index (Phi) is 4.23. The zero-order valence-corrected chi connectivity index (χ0v) is 11.0. The summed E-state index contributed by atoms with van der Waals surface area (Å²) < 4.78 is 0. The summed E-state index contributed by atoms with van der Waals surface area (Å²) in [4.78, 5) is 8.56. The Hall–Kier alpha value is -1.26. The van der Waals surface area contributed by atoms with Gasteiger partial charge >= 0.3 is 0 Å². The molecule has 2 rings (SSSR count). The van der Waals surface area contributed by atoms with Gasteiger partial charge in [-0.05, 0) is 31.0 Å². The summed E-state index contributed by atoms with van der Waals surface area (Å²) in [5, 5.41) is 6.81. The van der Waals surface area contributed by atoms with Crippen molar-refractivity contribution < 1.29 is 0 Å². The van der Waals surface area contributed by atoms with Crippen LogP contribution in [-0.4, -0.2) is 9.97 Å². The summed E-state index contributed by atoms with van der Waals surface area (Å²) in [5.41, 5.74) is 2.39. The van der Waals surface area contributed by atoms with Crippen LogP contribution in [0.25, 0.3) is 0 Å². The Morgan fingerprint density at radius 3 is 2.76 bits per heavy atom. The fraction of sp³-hybridized carbons (Fsp3) is 0.385. The van der Waals surface area contributed by atoms with E-state index in [4.69, 9.17) is 0 Å². The topological polar surface area (TPSA) is 37.8 Å². The molecule has 2 aromatic rings. The van der Waals surface area contributed by atoms with Crippen molar-refractivity contribution in [1.29, 1.82) is 0 Å². The second-order valence-corrected chi connectivity index (χ2v) is 4.91. The van der Waals surface area contributed by atoms with Crippen LogP contribution in [0.4, 0.5) is 0 Å². The Bertz CT molecular complexity index is 453. The number of aromatic nitrogens is 2. The lowest BCUT2D eigenvalue weighted by molar-refractivity contribution is 0.568. The van der Waals surface area contributed by atoms with Crippen LogP contribution in [-0.2, 0) is 13.0 Å². The highest BCUT2D eigenvalue weighted by Gasteiger charge is 2.05. The van der Waals surface area contributed by atoms with E-state index in [0.717, 1.165) is 18.7 Å². The lowest BCUT2D eigenvalue weighted by Gasteiger charge is -2.12. The van der Waals surface area contributed by atoms with Gasteiger partial charge in [0.2, 0.25) is 0 Å². The molecule has 0 aromatic carbocycles. The van der Waals surface area contributed by atoms with E-state index in [1.807, 2.05) is 24.5 Å². The maximum Gasteiger partial charge on any atom is 0.0926 e. The molecule has 2 aromatic heterocycles. The number of nitrogens with zero attached hydrogens (tertiary/aromatic N) is 2. The van der Waals surface area contributed by atoms with E-state index in [1.54, 1.807) is 11.3 Å². The van der Waals surface area contributed by atoms with Gasteiger partial charge < -0.3 is 5.32 Å². The van der Waals surface area contributed by atoms with Gasteiger partial charge in [0.25, 0.3) is 0 Å². The summed E-state index contributed by atoms with van der Waals surface area (Å²) >= 11 is 1.74. The predicted molar refractivity (Wildman–Crippen MR) is 71.0 cm³/mol. The van der Waals surface area contributed by atoms with Gasteiger partial charge in [0.15, 0.2) is 0 Å². The maximum atomic E-state index is 4.54. The number of hydrogen-bond acceptors (Lipinski definition) is 4. The molecule has 0 aliphatic heterocycles. The van der Waals surface area contributed by atoms with Crippen molar-refractivity contribution in [3.05, 3.63) is 46.2 Å². The molecule has 0 radical (unpaired) electrons. The zero-order valence-electron chi connectivity index (χ0n) is 10.2. The molecule has 3 nitrogen and oxygen atoms in total. The lowest BCUT2D eigenvalue weighted by atomic mass is 10.1. The Morgan fingerprint density at radius 2 is 2.12 bits per heavy atom. The van der Waals surface area contributed by atoms with Crippen molar-refractivity contribution in [3.8, 4) is 0 Å². The van der Waals surface area contributed by atoms with Crippen LogP contribution in [0.3, 0.4) is 0 Å². The lowest BCUT2D eigenvalue weighted by Crippen LogP contribution is -2.18. The summed E-state index contributed by atoms with van der Waals surface area (Å²) in [6, 6.07) is 4.40. The second-order valence-electron chi connectivity index (χ2n) is 3.97. The zero-order chi connectivity index (χ0) is 12.1. The quantitative estimate of drug-likeness (QED) is 0.882. The van der Waals surface area contributed by atoms with Gasteiger partial charge in [-0.1, -0.05) is 6.92 Å². The smallest absolute Gasteiger partial charge is 0.0926 e. The second kappa shape index (κ2) is 5.89. The molecule has 0 bridgehead atoms. The minimum atomic E-state index is 0.324. The van der Waals surface area contributed by atoms with Crippen molar-refractivity contribution in [3.63, 3.8) is 0 Å². The molecule has 17 heavy (non-hydrogen) atoms. The van der Waals surface area contributed by atoms with Crippen LogP contribution in [0.15, 0.2) is 29.9 Å². The molecule has 0 aliphatic rings. The normalized spacial score (nSPS) is 12.6. The number of thiazole rings is 1. The third-order valence-corrected chi connectivity index (χ3v) is 3.74. The predicted octanol–water partition coefficient (Wildman–Crippen LogP) is 2.95. The first-order chi connectivity index (χ1) is 8.29. The standard InChI is InChI=1S/C13H17N3S/c1-3-13-16-12(9-17-13)8-15-10(2)11-4-6-14-7-5-11/h4-7,9-10,15H,3,8H2,1-2H3/t10-/m0/s1. The fourth-order valence-electron chi connectivity index (χ4n) is 1.62. The summed E-state index contributed by atoms with van der Waals surface area (Å²) in [6.45, 7) is 5.11. The molecular weight excluding hydrogens is 230 g/mol. The number of hydrogen-bond donors (Lipinski definition) is 1. The van der Waals surface area contributed by atoms with Crippen molar-refractivity contribution >= 4 is 11.3 Å². The average molecular weight is 247 g/mol. The highest BCUT2D eigenvalue weighted by molar-refractivity contribution is 7.09. The van der Waals surface area contributed by atoms with Crippen LogP contribution < -0.4 is 5.32 Å². The van der Waals surface area contributed by atoms with E-state index < -0.39 is 0 Å². The molecule has 0 unspecified atom stereocenters. The van der Waals surface area contributed by atoms with Gasteiger partial charge in [-0.15, -0.1) is 11.3 Å². The SMILES string of the molecule is CCc1nc(CN[C@@H](C)c2ccncc2)cs1. The van der Waals surface area contributed by atoms with Gasteiger partial charge in [0.1, 0.15) is 0 Å². The maximum absolute atomic E-state index is 4.54. The van der Waals surface area contributed by atoms with Gasteiger partial charge in [0.05, 0.1) is 10.7 Å². The fourth-order valence-corrected chi connectivity index (χ4v) is 2.36. The molecule has 0 amide bonds. The van der Waals surface area contributed by atoms with Gasteiger partial charge in [-0.25, -0.2) is 4.98 Å². The third-order valence-electron chi connectivity index (χ3n) is 2.70. The molecule has 90 valence electrons. The van der Waals surface area contributed by atoms with Crippen molar-refractivity contribution in [2.45, 2.75) is 32.9 Å².